The van der Waals surface area contributed by atoms with Crippen LogP contribution < -0.4 is 5.32 Å². The first-order valence-electron chi connectivity index (χ1n) is 12.3. The van der Waals surface area contributed by atoms with Crippen molar-refractivity contribution in [3.05, 3.63) is 70.7 Å². The third kappa shape index (κ3) is 5.05. The number of pyridine rings is 1. The van der Waals surface area contributed by atoms with Crippen LogP contribution in [0.3, 0.4) is 0 Å². The number of methoxy groups -OCH3 is 2. The summed E-state index contributed by atoms with van der Waals surface area (Å²) in [7, 11) is 2.86. The standard InChI is InChI=1S/C28H30F3N3O4/c1-16(18-6-5-7-19(25(18)29)26(30)31)33-23-8-11-32-24-15-20(27(36)37-3)22(14-21(23)24)28(38-4)9-12-34(13-10-28)17(2)35/h5-8,11,14-16,26H,9-10,12-13H2,1-4H3,(H,32,33). The smallest absolute Gasteiger partial charge is 0.338 e. The molecule has 1 fully saturated rings. The molecule has 1 saturated heterocycles. The van der Waals surface area contributed by atoms with E-state index in [9.17, 15) is 22.8 Å². The number of fused-ring (bicyclic) bond motifs is 1. The summed E-state index contributed by atoms with van der Waals surface area (Å²) >= 11 is 0. The number of carbonyl (C=O) groups is 2. The first-order valence-corrected chi connectivity index (χ1v) is 12.3. The molecule has 1 N–H and O–H groups in total. The summed E-state index contributed by atoms with van der Waals surface area (Å²) in [5.41, 5.74) is 0.544. The number of esters is 1. The van der Waals surface area contributed by atoms with E-state index in [1.807, 2.05) is 6.07 Å². The van der Waals surface area contributed by atoms with Gasteiger partial charge in [-0.05, 0) is 43.5 Å². The number of nitrogens with one attached hydrogen (secondary N) is 1. The minimum Gasteiger partial charge on any atom is -0.465 e. The van der Waals surface area contributed by atoms with E-state index in [4.69, 9.17) is 9.47 Å². The third-order valence-corrected chi connectivity index (χ3v) is 7.32. The normalized spacial score (nSPS) is 15.9. The van der Waals surface area contributed by atoms with Gasteiger partial charge in [0.15, 0.2) is 0 Å². The van der Waals surface area contributed by atoms with Crippen molar-refractivity contribution < 1.29 is 32.2 Å². The summed E-state index contributed by atoms with van der Waals surface area (Å²) in [5, 5.41) is 3.86. The van der Waals surface area contributed by atoms with Crippen molar-refractivity contribution >= 4 is 28.5 Å². The fourth-order valence-electron chi connectivity index (χ4n) is 5.12. The number of halogens is 3. The molecule has 1 aliphatic heterocycles. The van der Waals surface area contributed by atoms with Crippen LogP contribution in [0, 0.1) is 5.82 Å². The highest BCUT2D eigenvalue weighted by Crippen LogP contribution is 2.41. The molecule has 1 aliphatic rings. The van der Waals surface area contributed by atoms with E-state index in [-0.39, 0.29) is 11.5 Å². The van der Waals surface area contributed by atoms with E-state index in [2.05, 4.69) is 10.3 Å². The molecule has 10 heteroatoms. The van der Waals surface area contributed by atoms with Crippen molar-refractivity contribution in [3.8, 4) is 0 Å². The van der Waals surface area contributed by atoms with Gasteiger partial charge in [0.25, 0.3) is 6.43 Å². The Morgan fingerprint density at radius 2 is 1.79 bits per heavy atom. The van der Waals surface area contributed by atoms with E-state index in [0.29, 0.717) is 53.6 Å². The van der Waals surface area contributed by atoms with Crippen LogP contribution in [0.1, 0.15) is 66.2 Å². The van der Waals surface area contributed by atoms with Crippen LogP contribution in [0.4, 0.5) is 18.9 Å². The highest BCUT2D eigenvalue weighted by atomic mass is 19.3. The SMILES string of the molecule is COC(=O)c1cc2nccc(NC(C)c3cccc(C(F)F)c3F)c2cc1C1(OC)CCN(C(C)=O)CC1. The first-order chi connectivity index (χ1) is 18.1. The predicted molar refractivity (Wildman–Crippen MR) is 137 cm³/mol. The lowest BCUT2D eigenvalue weighted by Gasteiger charge is -2.41. The molecule has 2 aromatic carbocycles. The second-order valence-electron chi connectivity index (χ2n) is 9.39. The molecule has 3 aromatic rings. The van der Waals surface area contributed by atoms with E-state index in [1.54, 1.807) is 37.3 Å². The molecule has 7 nitrogen and oxygen atoms in total. The molecule has 0 spiro atoms. The zero-order valence-corrected chi connectivity index (χ0v) is 21.7. The maximum atomic E-state index is 14.8. The molecule has 2 heterocycles. The van der Waals surface area contributed by atoms with Crippen molar-refractivity contribution in [1.82, 2.24) is 9.88 Å². The van der Waals surface area contributed by atoms with Gasteiger partial charge in [-0.1, -0.05) is 18.2 Å². The molecule has 1 atom stereocenters. The van der Waals surface area contributed by atoms with Gasteiger partial charge in [0.1, 0.15) is 5.82 Å². The minimum atomic E-state index is -2.93. The zero-order chi connectivity index (χ0) is 27.6. The second-order valence-corrected chi connectivity index (χ2v) is 9.39. The van der Waals surface area contributed by atoms with E-state index in [0.717, 1.165) is 6.07 Å². The van der Waals surface area contributed by atoms with Crippen molar-refractivity contribution in [1.29, 1.82) is 0 Å². The van der Waals surface area contributed by atoms with Gasteiger partial charge >= 0.3 is 5.97 Å². The van der Waals surface area contributed by atoms with Crippen LogP contribution in [-0.2, 0) is 19.9 Å². The second kappa shape index (κ2) is 11.0. The number of carbonyl (C=O) groups excluding carboxylic acids is 2. The van der Waals surface area contributed by atoms with Crippen LogP contribution in [0.15, 0.2) is 42.6 Å². The highest BCUT2D eigenvalue weighted by Gasteiger charge is 2.40. The fourth-order valence-corrected chi connectivity index (χ4v) is 5.12. The van der Waals surface area contributed by atoms with Crippen LogP contribution >= 0.6 is 0 Å². The number of benzene rings is 2. The number of aromatic nitrogens is 1. The summed E-state index contributed by atoms with van der Waals surface area (Å²) in [6, 6.07) is 8.42. The van der Waals surface area contributed by atoms with Gasteiger partial charge < -0.3 is 19.7 Å². The molecular weight excluding hydrogens is 499 g/mol. The summed E-state index contributed by atoms with van der Waals surface area (Å²) in [5.74, 6) is -1.54. The van der Waals surface area contributed by atoms with Crippen molar-refractivity contribution in [2.24, 2.45) is 0 Å². The third-order valence-electron chi connectivity index (χ3n) is 7.32. The maximum Gasteiger partial charge on any atom is 0.338 e. The van der Waals surface area contributed by atoms with E-state index >= 15 is 0 Å². The molecule has 0 aliphatic carbocycles. The molecule has 38 heavy (non-hydrogen) atoms. The number of amides is 1. The highest BCUT2D eigenvalue weighted by molar-refractivity contribution is 6.00. The molecule has 202 valence electrons. The topological polar surface area (TPSA) is 80.8 Å². The Kier molecular flexibility index (Phi) is 7.91. The van der Waals surface area contributed by atoms with Crippen LogP contribution in [0.5, 0.6) is 0 Å². The van der Waals surface area contributed by atoms with Gasteiger partial charge in [-0.3, -0.25) is 9.78 Å². The Bertz CT molecular complexity index is 1360. The van der Waals surface area contributed by atoms with Gasteiger partial charge in [-0.2, -0.15) is 0 Å². The quantitative estimate of drug-likeness (QED) is 0.393. The Labute approximate surface area is 218 Å². The van der Waals surface area contributed by atoms with Crippen molar-refractivity contribution in [3.63, 3.8) is 0 Å². The number of alkyl halides is 2. The maximum absolute atomic E-state index is 14.8. The number of hydrogen-bond donors (Lipinski definition) is 1. The molecular formula is C28H30F3N3O4. The lowest BCUT2D eigenvalue weighted by molar-refractivity contribution is -0.135. The van der Waals surface area contributed by atoms with Gasteiger partial charge in [-0.15, -0.1) is 0 Å². The monoisotopic (exact) mass is 529 g/mol. The molecule has 0 saturated carbocycles. The predicted octanol–water partition coefficient (Wildman–Crippen LogP) is 5.76. The molecule has 4 rings (SSSR count). The largest absolute Gasteiger partial charge is 0.465 e. The number of nitrogens with zero attached hydrogens (tertiary/aromatic N) is 2. The van der Waals surface area contributed by atoms with Crippen LogP contribution in [-0.4, -0.2) is 49.1 Å². The summed E-state index contributed by atoms with van der Waals surface area (Å²) in [6.07, 6.45) is -0.461. The van der Waals surface area contributed by atoms with Crippen LogP contribution in [0.2, 0.25) is 0 Å². The number of ether oxygens (including phenoxy) is 2. The summed E-state index contributed by atoms with van der Waals surface area (Å²) < 4.78 is 52.4. The Morgan fingerprint density at radius 3 is 2.39 bits per heavy atom. The molecule has 1 aromatic heterocycles. The van der Waals surface area contributed by atoms with Gasteiger partial charge in [0.2, 0.25) is 5.91 Å². The number of rotatable bonds is 7. The average molecular weight is 530 g/mol. The Hall–Kier alpha value is -3.66. The summed E-state index contributed by atoms with van der Waals surface area (Å²) in [4.78, 5) is 30.9. The first kappa shape index (κ1) is 27.4. The van der Waals surface area contributed by atoms with Crippen LogP contribution in [0.25, 0.3) is 10.9 Å². The number of anilines is 1. The Morgan fingerprint density at radius 1 is 1.11 bits per heavy atom. The minimum absolute atomic E-state index is 0.0331. The Balaban J connectivity index is 1.80. The van der Waals surface area contributed by atoms with Gasteiger partial charge in [-0.25, -0.2) is 18.0 Å². The fraction of sp³-hybridized carbons (Fsp3) is 0.393. The van der Waals surface area contributed by atoms with E-state index in [1.165, 1.54) is 26.2 Å². The molecule has 1 amide bonds. The van der Waals surface area contributed by atoms with Crippen molar-refractivity contribution in [2.75, 3.05) is 32.6 Å². The molecule has 0 radical (unpaired) electrons. The zero-order valence-electron chi connectivity index (χ0n) is 21.7. The molecule has 1 unspecified atom stereocenters. The average Bonchev–Trinajstić information content (AvgIpc) is 2.91. The lowest BCUT2D eigenvalue weighted by Crippen LogP contribution is -2.46. The van der Waals surface area contributed by atoms with Gasteiger partial charge in [0.05, 0.1) is 35.4 Å². The number of piperidine rings is 1. The lowest BCUT2D eigenvalue weighted by atomic mass is 9.80. The van der Waals surface area contributed by atoms with Crippen molar-refractivity contribution in [2.45, 2.75) is 44.8 Å². The number of likely N-dealkylation sites (tertiary alicyclic amines) is 1. The van der Waals surface area contributed by atoms with E-state index < -0.39 is 35.4 Å². The number of hydrogen-bond acceptors (Lipinski definition) is 6. The summed E-state index contributed by atoms with van der Waals surface area (Å²) in [6.45, 7) is 4.10. The molecule has 0 bridgehead atoms. The van der Waals surface area contributed by atoms with Gasteiger partial charge in [0, 0.05) is 50.0 Å².